The van der Waals surface area contributed by atoms with E-state index in [1.165, 1.54) is 4.88 Å². The summed E-state index contributed by atoms with van der Waals surface area (Å²) in [6.07, 6.45) is 1.86. The molecule has 2 heterocycles. The lowest BCUT2D eigenvalue weighted by atomic mass is 9.94. The van der Waals surface area contributed by atoms with Crippen LogP contribution < -0.4 is 5.32 Å². The van der Waals surface area contributed by atoms with Crippen molar-refractivity contribution in [3.63, 3.8) is 0 Å². The van der Waals surface area contributed by atoms with Crippen LogP contribution in [0.1, 0.15) is 17.7 Å². The molecule has 0 aliphatic carbocycles. The second kappa shape index (κ2) is 4.45. The summed E-state index contributed by atoms with van der Waals surface area (Å²) < 4.78 is 1.05. The second-order valence-corrected chi connectivity index (χ2v) is 5.49. The smallest absolute Gasteiger partial charge is 0.230 e. The number of amides is 2. The molecule has 0 aromatic carbocycles. The topological polar surface area (TPSA) is 46.2 Å². The van der Waals surface area contributed by atoms with E-state index in [0.29, 0.717) is 12.8 Å². The average Bonchev–Trinajstić information content (AvgIpc) is 2.56. The summed E-state index contributed by atoms with van der Waals surface area (Å²) in [7, 11) is 0. The molecule has 1 unspecified atom stereocenters. The van der Waals surface area contributed by atoms with Crippen molar-refractivity contribution in [2.24, 2.45) is 5.92 Å². The highest BCUT2D eigenvalue weighted by molar-refractivity contribution is 9.10. The first-order chi connectivity index (χ1) is 7.15. The van der Waals surface area contributed by atoms with Crippen LogP contribution in [0.2, 0.25) is 0 Å². The molecule has 0 radical (unpaired) electrons. The zero-order valence-electron chi connectivity index (χ0n) is 7.96. The van der Waals surface area contributed by atoms with Gasteiger partial charge in [-0.1, -0.05) is 0 Å². The number of carbonyl (C=O) groups is 2. The molecule has 5 heteroatoms. The van der Waals surface area contributed by atoms with Crippen LogP contribution in [-0.4, -0.2) is 11.8 Å². The van der Waals surface area contributed by atoms with Gasteiger partial charge in [-0.25, -0.2) is 0 Å². The zero-order chi connectivity index (χ0) is 10.8. The summed E-state index contributed by atoms with van der Waals surface area (Å²) in [6.45, 7) is 0. The van der Waals surface area contributed by atoms with E-state index >= 15 is 0 Å². The van der Waals surface area contributed by atoms with Crippen molar-refractivity contribution >= 4 is 39.1 Å². The van der Waals surface area contributed by atoms with E-state index in [2.05, 4.69) is 21.2 Å². The Kier molecular flexibility index (Phi) is 3.21. The maximum Gasteiger partial charge on any atom is 0.230 e. The molecule has 15 heavy (non-hydrogen) atoms. The van der Waals surface area contributed by atoms with Crippen LogP contribution in [0, 0.1) is 5.92 Å². The summed E-state index contributed by atoms with van der Waals surface area (Å²) in [6, 6.07) is 2.02. The molecule has 1 N–H and O–H groups in total. The van der Waals surface area contributed by atoms with Crippen LogP contribution >= 0.6 is 27.3 Å². The highest BCUT2D eigenvalue weighted by atomic mass is 79.9. The number of piperidine rings is 1. The lowest BCUT2D eigenvalue weighted by Crippen LogP contribution is -2.41. The first kappa shape index (κ1) is 10.8. The molecule has 80 valence electrons. The average molecular weight is 288 g/mol. The van der Waals surface area contributed by atoms with Gasteiger partial charge in [0.2, 0.25) is 11.8 Å². The zero-order valence-corrected chi connectivity index (χ0v) is 10.4. The molecule has 1 saturated heterocycles. The van der Waals surface area contributed by atoms with E-state index in [1.807, 2.05) is 11.4 Å². The molecular formula is C10H10BrNO2S. The highest BCUT2D eigenvalue weighted by Gasteiger charge is 2.26. The molecule has 1 aromatic heterocycles. The molecular weight excluding hydrogens is 278 g/mol. The number of hydrogen-bond acceptors (Lipinski definition) is 3. The van der Waals surface area contributed by atoms with Gasteiger partial charge in [0.05, 0.1) is 0 Å². The second-order valence-electron chi connectivity index (χ2n) is 3.58. The van der Waals surface area contributed by atoms with Crippen molar-refractivity contribution < 1.29 is 9.59 Å². The summed E-state index contributed by atoms with van der Waals surface area (Å²) in [4.78, 5) is 23.6. The van der Waals surface area contributed by atoms with E-state index in [0.717, 1.165) is 10.9 Å². The summed E-state index contributed by atoms with van der Waals surface area (Å²) >= 11 is 5.01. The number of halogens is 1. The lowest BCUT2D eigenvalue weighted by Gasteiger charge is -2.19. The van der Waals surface area contributed by atoms with E-state index in [9.17, 15) is 9.59 Å². The number of carbonyl (C=O) groups excluding carboxylic acids is 2. The number of nitrogens with one attached hydrogen (secondary N) is 1. The van der Waals surface area contributed by atoms with E-state index in [-0.39, 0.29) is 17.7 Å². The van der Waals surface area contributed by atoms with Gasteiger partial charge >= 0.3 is 0 Å². The van der Waals surface area contributed by atoms with Crippen molar-refractivity contribution in [2.45, 2.75) is 19.3 Å². The standard InChI is InChI=1S/C10H10BrNO2S/c11-7-4-8(15-5-7)3-6-1-2-9(13)12-10(6)14/h4-6H,1-3H2,(H,12,13,14). The maximum absolute atomic E-state index is 11.5. The Morgan fingerprint density at radius 2 is 2.33 bits per heavy atom. The molecule has 0 spiro atoms. The van der Waals surface area contributed by atoms with Crippen molar-refractivity contribution in [1.82, 2.24) is 5.32 Å². The van der Waals surface area contributed by atoms with Crippen LogP contribution in [0.15, 0.2) is 15.9 Å². The first-order valence-electron chi connectivity index (χ1n) is 4.72. The Balaban J connectivity index is 2.00. The van der Waals surface area contributed by atoms with Gasteiger partial charge in [-0.2, -0.15) is 0 Å². The van der Waals surface area contributed by atoms with Crippen molar-refractivity contribution in [3.05, 3.63) is 20.8 Å². The quantitative estimate of drug-likeness (QED) is 0.847. The molecule has 1 fully saturated rings. The van der Waals surface area contributed by atoms with Crippen molar-refractivity contribution in [1.29, 1.82) is 0 Å². The van der Waals surface area contributed by atoms with Gasteiger partial charge < -0.3 is 0 Å². The van der Waals surface area contributed by atoms with Gasteiger partial charge in [0.15, 0.2) is 0 Å². The maximum atomic E-state index is 11.5. The van der Waals surface area contributed by atoms with Crippen LogP contribution in [0.5, 0.6) is 0 Å². The monoisotopic (exact) mass is 287 g/mol. The van der Waals surface area contributed by atoms with Gasteiger partial charge in [0.25, 0.3) is 0 Å². The summed E-state index contributed by atoms with van der Waals surface area (Å²) in [5.74, 6) is -0.326. The molecule has 3 nitrogen and oxygen atoms in total. The van der Waals surface area contributed by atoms with E-state index in [1.54, 1.807) is 11.3 Å². The fraction of sp³-hybridized carbons (Fsp3) is 0.400. The molecule has 1 aliphatic rings. The summed E-state index contributed by atoms with van der Waals surface area (Å²) in [5.41, 5.74) is 0. The lowest BCUT2D eigenvalue weighted by molar-refractivity contribution is -0.136. The first-order valence-corrected chi connectivity index (χ1v) is 6.39. The Labute approximate surface area is 100.0 Å². The molecule has 1 aliphatic heterocycles. The molecule has 2 amide bonds. The molecule has 2 rings (SSSR count). The third-order valence-corrected chi connectivity index (χ3v) is 4.14. The predicted octanol–water partition coefficient (Wildman–Crippen LogP) is 2.11. The third kappa shape index (κ3) is 2.66. The minimum absolute atomic E-state index is 0.0479. The van der Waals surface area contributed by atoms with Gasteiger partial charge in [-0.15, -0.1) is 11.3 Å². The minimum atomic E-state index is -0.149. The highest BCUT2D eigenvalue weighted by Crippen LogP contribution is 2.25. The largest absolute Gasteiger partial charge is 0.296 e. The summed E-state index contributed by atoms with van der Waals surface area (Å²) in [5, 5.41) is 4.37. The van der Waals surface area contributed by atoms with Crippen LogP contribution in [0.25, 0.3) is 0 Å². The van der Waals surface area contributed by atoms with Gasteiger partial charge in [-0.05, 0) is 34.8 Å². The van der Waals surface area contributed by atoms with Crippen LogP contribution in [0.4, 0.5) is 0 Å². The predicted molar refractivity (Wildman–Crippen MR) is 61.6 cm³/mol. The van der Waals surface area contributed by atoms with E-state index in [4.69, 9.17) is 0 Å². The number of imide groups is 1. The normalized spacial score (nSPS) is 21.5. The fourth-order valence-electron chi connectivity index (χ4n) is 1.64. The van der Waals surface area contributed by atoms with Crippen LogP contribution in [0.3, 0.4) is 0 Å². The third-order valence-electron chi connectivity index (χ3n) is 2.42. The Morgan fingerprint density at radius 1 is 1.53 bits per heavy atom. The van der Waals surface area contributed by atoms with Gasteiger partial charge in [0.1, 0.15) is 0 Å². The number of hydrogen-bond donors (Lipinski definition) is 1. The number of thiophene rings is 1. The van der Waals surface area contributed by atoms with Gasteiger partial charge in [-0.3, -0.25) is 14.9 Å². The molecule has 1 aromatic rings. The van der Waals surface area contributed by atoms with Crippen molar-refractivity contribution in [2.75, 3.05) is 0 Å². The minimum Gasteiger partial charge on any atom is -0.296 e. The molecule has 0 saturated carbocycles. The SMILES string of the molecule is O=C1CCC(Cc2cc(Br)cs2)C(=O)N1. The Morgan fingerprint density at radius 3 is 2.93 bits per heavy atom. The van der Waals surface area contributed by atoms with E-state index < -0.39 is 0 Å². The van der Waals surface area contributed by atoms with Crippen LogP contribution in [-0.2, 0) is 16.0 Å². The van der Waals surface area contributed by atoms with Gasteiger partial charge in [0, 0.05) is 27.1 Å². The molecule has 0 bridgehead atoms. The number of rotatable bonds is 2. The fourth-order valence-corrected chi connectivity index (χ4v) is 3.17. The Bertz CT molecular complexity index is 402. The Hall–Kier alpha value is -0.680. The van der Waals surface area contributed by atoms with Crippen molar-refractivity contribution in [3.8, 4) is 0 Å². The molecule has 1 atom stereocenters.